The van der Waals surface area contributed by atoms with Crippen LogP contribution >= 0.6 is 0 Å². The molecular weight excluding hydrogens is 240 g/mol. The minimum Gasteiger partial charge on any atom is -0.346 e. The molecular formula is C10H16N4O4. The molecule has 0 radical (unpaired) electrons. The highest BCUT2D eigenvalue weighted by molar-refractivity contribution is 5.34. The van der Waals surface area contributed by atoms with Crippen LogP contribution in [0.15, 0.2) is 6.20 Å². The highest BCUT2D eigenvalue weighted by Gasteiger charge is 2.37. The van der Waals surface area contributed by atoms with Gasteiger partial charge in [-0.1, -0.05) is 6.92 Å². The van der Waals surface area contributed by atoms with Crippen LogP contribution in [-0.2, 0) is 16.5 Å². The lowest BCUT2D eigenvalue weighted by atomic mass is 9.92. The molecule has 2 heterocycles. The second-order valence-electron chi connectivity index (χ2n) is 4.76. The lowest BCUT2D eigenvalue weighted by molar-refractivity contribution is -0.388. The van der Waals surface area contributed by atoms with Crippen LogP contribution in [0.4, 0.5) is 5.69 Å². The Bertz CT molecular complexity index is 451. The monoisotopic (exact) mass is 256 g/mol. The predicted molar refractivity (Wildman–Crippen MR) is 61.7 cm³/mol. The fourth-order valence-corrected chi connectivity index (χ4v) is 1.77. The first-order valence-corrected chi connectivity index (χ1v) is 5.56. The first-order chi connectivity index (χ1) is 8.47. The van der Waals surface area contributed by atoms with E-state index in [-0.39, 0.29) is 11.1 Å². The van der Waals surface area contributed by atoms with E-state index in [1.54, 1.807) is 7.05 Å². The smallest absolute Gasteiger partial charge is 0.315 e. The first kappa shape index (κ1) is 12.9. The lowest BCUT2D eigenvalue weighted by Crippen LogP contribution is -2.42. The summed E-state index contributed by atoms with van der Waals surface area (Å²) in [6.45, 7) is 3.18. The predicted octanol–water partition coefficient (Wildman–Crippen LogP) is 0.339. The molecule has 1 fully saturated rings. The molecule has 0 spiro atoms. The van der Waals surface area contributed by atoms with Gasteiger partial charge in [0.2, 0.25) is 6.29 Å². The highest BCUT2D eigenvalue weighted by atomic mass is 16.7. The van der Waals surface area contributed by atoms with Gasteiger partial charge in [-0.25, -0.2) is 0 Å². The zero-order valence-corrected chi connectivity index (χ0v) is 10.3. The highest BCUT2D eigenvalue weighted by Crippen LogP contribution is 2.34. The van der Waals surface area contributed by atoms with Gasteiger partial charge in [0.15, 0.2) is 5.69 Å². The van der Waals surface area contributed by atoms with Gasteiger partial charge in [-0.3, -0.25) is 14.8 Å². The first-order valence-electron chi connectivity index (χ1n) is 5.56. The minimum atomic E-state index is -0.766. The Labute approximate surface area is 104 Å². The van der Waals surface area contributed by atoms with Crippen molar-refractivity contribution in [3.8, 4) is 0 Å². The van der Waals surface area contributed by atoms with E-state index in [4.69, 9.17) is 15.2 Å². The Kier molecular flexibility index (Phi) is 3.33. The van der Waals surface area contributed by atoms with Crippen molar-refractivity contribution in [3.05, 3.63) is 22.0 Å². The molecule has 8 heteroatoms. The molecule has 0 aliphatic carbocycles. The number of nitro groups is 1. The van der Waals surface area contributed by atoms with Crippen LogP contribution in [0.2, 0.25) is 0 Å². The number of nitrogens with zero attached hydrogens (tertiary/aromatic N) is 3. The van der Waals surface area contributed by atoms with Gasteiger partial charge >= 0.3 is 5.69 Å². The molecule has 0 aromatic carbocycles. The van der Waals surface area contributed by atoms with Gasteiger partial charge in [0.1, 0.15) is 6.20 Å². The van der Waals surface area contributed by atoms with Crippen molar-refractivity contribution in [2.45, 2.75) is 13.2 Å². The van der Waals surface area contributed by atoms with E-state index < -0.39 is 11.2 Å². The summed E-state index contributed by atoms with van der Waals surface area (Å²) in [5.74, 6) is 0. The maximum Gasteiger partial charge on any atom is 0.315 e. The molecule has 1 saturated heterocycles. The molecule has 2 rings (SSSR count). The van der Waals surface area contributed by atoms with Crippen LogP contribution in [-0.4, -0.2) is 34.5 Å². The fraction of sp³-hybridized carbons (Fsp3) is 0.700. The van der Waals surface area contributed by atoms with Crippen LogP contribution in [0.5, 0.6) is 0 Å². The van der Waals surface area contributed by atoms with E-state index in [2.05, 4.69) is 5.10 Å². The van der Waals surface area contributed by atoms with Crippen molar-refractivity contribution < 1.29 is 14.4 Å². The van der Waals surface area contributed by atoms with Gasteiger partial charge in [0.05, 0.1) is 18.1 Å². The van der Waals surface area contributed by atoms with Crippen molar-refractivity contribution in [1.29, 1.82) is 0 Å². The molecule has 0 unspecified atom stereocenters. The van der Waals surface area contributed by atoms with Gasteiger partial charge in [-0.05, 0) is 0 Å². The van der Waals surface area contributed by atoms with Gasteiger partial charge < -0.3 is 15.2 Å². The molecule has 100 valence electrons. The standard InChI is InChI=1S/C10H16N4O4/c1-10(4-11)5-17-9(18-6-10)8-7(14(15)16)3-12-13(8)2/h3,9H,4-6,11H2,1-2H3/t9-,10+. The summed E-state index contributed by atoms with van der Waals surface area (Å²) in [5, 5.41) is 14.7. The maximum absolute atomic E-state index is 10.9. The number of aromatic nitrogens is 2. The van der Waals surface area contributed by atoms with Crippen LogP contribution in [0.3, 0.4) is 0 Å². The van der Waals surface area contributed by atoms with Gasteiger partial charge in [-0.15, -0.1) is 0 Å². The Hall–Kier alpha value is -1.51. The third-order valence-electron chi connectivity index (χ3n) is 3.04. The van der Waals surface area contributed by atoms with Crippen molar-refractivity contribution in [1.82, 2.24) is 9.78 Å². The maximum atomic E-state index is 10.9. The van der Waals surface area contributed by atoms with E-state index in [1.807, 2.05) is 6.92 Å². The molecule has 2 N–H and O–H groups in total. The van der Waals surface area contributed by atoms with Crippen molar-refractivity contribution in [3.63, 3.8) is 0 Å². The quantitative estimate of drug-likeness (QED) is 0.617. The van der Waals surface area contributed by atoms with Crippen LogP contribution < -0.4 is 5.73 Å². The molecule has 8 nitrogen and oxygen atoms in total. The van der Waals surface area contributed by atoms with Crippen LogP contribution in [0.1, 0.15) is 18.9 Å². The van der Waals surface area contributed by atoms with E-state index in [0.29, 0.717) is 25.5 Å². The summed E-state index contributed by atoms with van der Waals surface area (Å²) in [6, 6.07) is 0. The molecule has 18 heavy (non-hydrogen) atoms. The largest absolute Gasteiger partial charge is 0.346 e. The second kappa shape index (κ2) is 4.63. The summed E-state index contributed by atoms with van der Waals surface area (Å²) in [6.07, 6.45) is 0.427. The van der Waals surface area contributed by atoms with Crippen LogP contribution in [0.25, 0.3) is 0 Å². The molecule has 1 aliphatic heterocycles. The summed E-state index contributed by atoms with van der Waals surface area (Å²) in [5.41, 5.74) is 5.60. The Morgan fingerprint density at radius 3 is 2.78 bits per heavy atom. The summed E-state index contributed by atoms with van der Waals surface area (Å²) in [4.78, 5) is 10.4. The third-order valence-corrected chi connectivity index (χ3v) is 3.04. The van der Waals surface area contributed by atoms with E-state index in [1.165, 1.54) is 10.9 Å². The Morgan fingerprint density at radius 2 is 2.28 bits per heavy atom. The topological polar surface area (TPSA) is 105 Å². The van der Waals surface area contributed by atoms with E-state index >= 15 is 0 Å². The molecule has 1 aliphatic rings. The Morgan fingerprint density at radius 1 is 1.67 bits per heavy atom. The molecule has 1 aromatic rings. The zero-order valence-electron chi connectivity index (χ0n) is 10.3. The lowest BCUT2D eigenvalue weighted by Gasteiger charge is -2.36. The zero-order chi connectivity index (χ0) is 13.3. The van der Waals surface area contributed by atoms with Crippen molar-refractivity contribution in [2.75, 3.05) is 19.8 Å². The van der Waals surface area contributed by atoms with E-state index in [0.717, 1.165) is 0 Å². The number of ether oxygens (including phenoxy) is 2. The summed E-state index contributed by atoms with van der Waals surface area (Å²) < 4.78 is 12.5. The van der Waals surface area contributed by atoms with E-state index in [9.17, 15) is 10.1 Å². The average molecular weight is 256 g/mol. The molecule has 0 bridgehead atoms. The molecule has 0 saturated carbocycles. The summed E-state index contributed by atoms with van der Waals surface area (Å²) >= 11 is 0. The van der Waals surface area contributed by atoms with Gasteiger partial charge in [0.25, 0.3) is 0 Å². The summed E-state index contributed by atoms with van der Waals surface area (Å²) in [7, 11) is 1.62. The van der Waals surface area contributed by atoms with Gasteiger partial charge in [-0.2, -0.15) is 5.10 Å². The minimum absolute atomic E-state index is 0.0983. The third kappa shape index (κ3) is 2.22. The van der Waals surface area contributed by atoms with Crippen molar-refractivity contribution >= 4 is 5.69 Å². The van der Waals surface area contributed by atoms with Gasteiger partial charge in [0, 0.05) is 19.0 Å². The average Bonchev–Trinajstić information content (AvgIpc) is 2.73. The molecule has 0 atom stereocenters. The number of rotatable bonds is 3. The fourth-order valence-electron chi connectivity index (χ4n) is 1.77. The normalized spacial score (nSPS) is 28.3. The molecule has 0 amide bonds. The van der Waals surface area contributed by atoms with Crippen molar-refractivity contribution in [2.24, 2.45) is 18.2 Å². The Balaban J connectivity index is 2.19. The van der Waals surface area contributed by atoms with Crippen LogP contribution in [0, 0.1) is 15.5 Å². The number of nitrogens with two attached hydrogens (primary N) is 1. The SMILES string of the molecule is Cn1ncc([N+](=O)[O-])c1[C@H]1OC[C@@](C)(CN)CO1. The number of hydrogen-bond acceptors (Lipinski definition) is 6. The number of hydrogen-bond donors (Lipinski definition) is 1. The number of aryl methyl sites for hydroxylation is 1. The molecule has 1 aromatic heterocycles. The second-order valence-corrected chi connectivity index (χ2v) is 4.76.